The predicted octanol–water partition coefficient (Wildman–Crippen LogP) is 11.4. The van der Waals surface area contributed by atoms with E-state index in [0.29, 0.717) is 12.8 Å². The highest BCUT2D eigenvalue weighted by molar-refractivity contribution is 5.76. The van der Waals surface area contributed by atoms with Gasteiger partial charge in [-0.05, 0) is 57.8 Å². The number of allylic oxidation sites excluding steroid dienone is 5. The summed E-state index contributed by atoms with van der Waals surface area (Å²) in [4.78, 5) is 13.3. The molecule has 1 amide bonds. The topological polar surface area (TPSA) is 228 Å². The summed E-state index contributed by atoms with van der Waals surface area (Å²) in [6, 6.07) is -0.931. The Bertz CT molecular complexity index is 1430. The first-order valence-electron chi connectivity index (χ1n) is 31.7. The van der Waals surface area contributed by atoms with Crippen molar-refractivity contribution in [3.63, 3.8) is 0 Å². The van der Waals surface area contributed by atoms with Crippen LogP contribution in [0.2, 0.25) is 0 Å². The number of nitrogens with one attached hydrogen (secondary N) is 1. The second-order valence-corrected chi connectivity index (χ2v) is 22.5. The molecule has 9 N–H and O–H groups in total. The van der Waals surface area contributed by atoms with E-state index >= 15 is 0 Å². The Hall–Kier alpha value is -1.79. The van der Waals surface area contributed by atoms with Gasteiger partial charge in [0.25, 0.3) is 0 Å². The number of aliphatic hydroxyl groups is 8. The maximum Gasteiger partial charge on any atom is 0.220 e. The minimum absolute atomic E-state index is 0.247. The summed E-state index contributed by atoms with van der Waals surface area (Å²) in [6.45, 7) is 2.81. The highest BCUT2D eigenvalue weighted by Crippen LogP contribution is 2.30. The van der Waals surface area contributed by atoms with Crippen molar-refractivity contribution in [1.29, 1.82) is 0 Å². The maximum absolute atomic E-state index is 13.3. The average molecular weight is 1100 g/mol. The lowest BCUT2D eigenvalue weighted by Gasteiger charge is -2.46. The van der Waals surface area contributed by atoms with Gasteiger partial charge in [0.2, 0.25) is 5.91 Å². The summed E-state index contributed by atoms with van der Waals surface area (Å²) in [6.07, 6.45) is 43.3. The van der Waals surface area contributed by atoms with Crippen LogP contribution in [0.1, 0.15) is 264 Å². The quantitative estimate of drug-likeness (QED) is 0.0204. The second kappa shape index (κ2) is 48.9. The molecular formula is C63H117NO13. The first-order chi connectivity index (χ1) is 37.6. The van der Waals surface area contributed by atoms with Gasteiger partial charge in [0.15, 0.2) is 12.6 Å². The van der Waals surface area contributed by atoms with E-state index in [0.717, 1.165) is 32.1 Å². The smallest absolute Gasteiger partial charge is 0.220 e. The third-order valence-electron chi connectivity index (χ3n) is 15.5. The van der Waals surface area contributed by atoms with Crippen molar-refractivity contribution in [1.82, 2.24) is 5.32 Å². The van der Waals surface area contributed by atoms with Crippen LogP contribution < -0.4 is 5.32 Å². The van der Waals surface area contributed by atoms with Gasteiger partial charge >= 0.3 is 0 Å². The molecule has 0 saturated carbocycles. The number of rotatable bonds is 51. The monoisotopic (exact) mass is 1100 g/mol. The van der Waals surface area contributed by atoms with Crippen molar-refractivity contribution in [3.8, 4) is 0 Å². The normalized spacial score (nSPS) is 24.9. The highest BCUT2D eigenvalue weighted by atomic mass is 16.7. The molecule has 0 aromatic carbocycles. The lowest BCUT2D eigenvalue weighted by atomic mass is 9.97. The summed E-state index contributed by atoms with van der Waals surface area (Å²) in [5.41, 5.74) is 0. The molecule has 0 aliphatic carbocycles. The number of hydrogen-bond donors (Lipinski definition) is 9. The van der Waals surface area contributed by atoms with Crippen molar-refractivity contribution in [2.75, 3.05) is 19.8 Å². The second-order valence-electron chi connectivity index (χ2n) is 22.5. The van der Waals surface area contributed by atoms with Crippen molar-refractivity contribution in [2.45, 2.75) is 338 Å². The third-order valence-corrected chi connectivity index (χ3v) is 15.5. The largest absolute Gasteiger partial charge is 0.394 e. The standard InChI is InChI=1S/C63H117NO13/c1-3-5-7-9-11-13-15-17-19-21-23-25-26-27-29-31-33-35-37-39-41-43-45-47-55(68)64-51(52(67)46-44-42-40-38-36-34-32-30-28-24-22-20-18-16-14-12-10-8-6-4-2)50-74-62-60(73)58(71)61(54(49-66)76-62)77-63-59(72)57(70)56(69)53(48-65)75-63/h21,23,36,38,44,46,51-54,56-63,65-67,69-73H,3-20,22,24-35,37,39-43,45,47-50H2,1-2H3,(H,64,68)/b23-21-,38-36+,46-44+. The maximum atomic E-state index is 13.3. The van der Waals surface area contributed by atoms with Crippen molar-refractivity contribution in [2.24, 2.45) is 0 Å². The molecule has 77 heavy (non-hydrogen) atoms. The molecular weight excluding hydrogens is 979 g/mol. The molecule has 0 aromatic rings. The van der Waals surface area contributed by atoms with Gasteiger partial charge in [0.05, 0.1) is 32.0 Å². The number of carbonyl (C=O) groups excluding carboxylic acids is 1. The Morgan fingerprint density at radius 3 is 1.27 bits per heavy atom. The van der Waals surface area contributed by atoms with Crippen LogP contribution in [0.15, 0.2) is 36.5 Å². The summed E-state index contributed by atoms with van der Waals surface area (Å²) in [5.74, 6) is -0.247. The van der Waals surface area contributed by atoms with E-state index in [-0.39, 0.29) is 18.9 Å². The first kappa shape index (κ1) is 71.3. The summed E-state index contributed by atoms with van der Waals surface area (Å²) < 4.78 is 22.8. The highest BCUT2D eigenvalue weighted by Gasteiger charge is 2.51. The Labute approximate surface area is 468 Å². The number of hydrogen-bond acceptors (Lipinski definition) is 13. The van der Waals surface area contributed by atoms with E-state index in [1.165, 1.54) is 199 Å². The van der Waals surface area contributed by atoms with Gasteiger partial charge < -0.3 is 65.1 Å². The van der Waals surface area contributed by atoms with Crippen molar-refractivity contribution in [3.05, 3.63) is 36.5 Å². The fourth-order valence-electron chi connectivity index (χ4n) is 10.4. The third kappa shape index (κ3) is 34.3. The Kier molecular flexibility index (Phi) is 45.3. The molecule has 2 heterocycles. The van der Waals surface area contributed by atoms with Gasteiger partial charge in [-0.25, -0.2) is 0 Å². The van der Waals surface area contributed by atoms with Crippen LogP contribution in [0.25, 0.3) is 0 Å². The molecule has 2 saturated heterocycles. The number of aliphatic hydroxyl groups excluding tert-OH is 8. The predicted molar refractivity (Wildman–Crippen MR) is 309 cm³/mol. The molecule has 14 heteroatoms. The fraction of sp³-hybridized carbons (Fsp3) is 0.889. The van der Waals surface area contributed by atoms with Gasteiger partial charge in [-0.15, -0.1) is 0 Å². The molecule has 0 spiro atoms. The minimum atomic E-state index is -1.79. The molecule has 2 aliphatic heterocycles. The Morgan fingerprint density at radius 2 is 0.831 bits per heavy atom. The lowest BCUT2D eigenvalue weighted by Crippen LogP contribution is -2.65. The molecule has 12 unspecified atom stereocenters. The molecule has 14 nitrogen and oxygen atoms in total. The number of unbranched alkanes of at least 4 members (excludes halogenated alkanes) is 34. The summed E-state index contributed by atoms with van der Waals surface area (Å²) in [7, 11) is 0. The lowest BCUT2D eigenvalue weighted by molar-refractivity contribution is -0.359. The molecule has 0 aromatic heterocycles. The van der Waals surface area contributed by atoms with E-state index in [9.17, 15) is 45.6 Å². The van der Waals surface area contributed by atoms with E-state index in [2.05, 4.69) is 43.5 Å². The van der Waals surface area contributed by atoms with Crippen LogP contribution in [0, 0.1) is 0 Å². The van der Waals surface area contributed by atoms with Crippen LogP contribution in [0.5, 0.6) is 0 Å². The molecule has 0 bridgehead atoms. The molecule has 2 fully saturated rings. The van der Waals surface area contributed by atoms with Crippen LogP contribution in [0.3, 0.4) is 0 Å². The van der Waals surface area contributed by atoms with E-state index < -0.39 is 86.8 Å². The van der Waals surface area contributed by atoms with Gasteiger partial charge in [0, 0.05) is 6.42 Å². The summed E-state index contributed by atoms with van der Waals surface area (Å²) >= 11 is 0. The van der Waals surface area contributed by atoms with Crippen molar-refractivity contribution < 1.29 is 64.6 Å². The molecule has 12 atom stereocenters. The average Bonchev–Trinajstić information content (AvgIpc) is 3.44. The van der Waals surface area contributed by atoms with E-state index in [1.54, 1.807) is 6.08 Å². The Morgan fingerprint density at radius 1 is 0.455 bits per heavy atom. The zero-order valence-electron chi connectivity index (χ0n) is 48.7. The molecule has 2 rings (SSSR count). The van der Waals surface area contributed by atoms with Crippen LogP contribution in [0.4, 0.5) is 0 Å². The first-order valence-corrected chi connectivity index (χ1v) is 31.7. The molecule has 0 radical (unpaired) electrons. The molecule has 452 valence electrons. The Balaban J connectivity index is 1.75. The number of amides is 1. The number of ether oxygens (including phenoxy) is 4. The van der Waals surface area contributed by atoms with Crippen LogP contribution in [-0.2, 0) is 23.7 Å². The zero-order chi connectivity index (χ0) is 56.0. The molecule has 2 aliphatic rings. The minimum Gasteiger partial charge on any atom is -0.394 e. The van der Waals surface area contributed by atoms with Gasteiger partial charge in [-0.2, -0.15) is 0 Å². The van der Waals surface area contributed by atoms with Crippen molar-refractivity contribution >= 4 is 5.91 Å². The van der Waals surface area contributed by atoms with Crippen LogP contribution in [-0.4, -0.2) is 140 Å². The zero-order valence-corrected chi connectivity index (χ0v) is 48.7. The fourth-order valence-corrected chi connectivity index (χ4v) is 10.4. The SMILES string of the molecule is CCCCCCCCCC/C=C\CCCCCCCCCCCCCC(=O)NC(COC1OC(CO)C(OC2OC(CO)C(O)C(O)C2O)C(O)C1O)C(O)/C=C/CC/C=C/CCCCCCCCCCCCCCCC. The van der Waals surface area contributed by atoms with E-state index in [4.69, 9.17) is 18.9 Å². The van der Waals surface area contributed by atoms with E-state index in [1.807, 2.05) is 6.08 Å². The van der Waals surface area contributed by atoms with Gasteiger partial charge in [-0.3, -0.25) is 4.79 Å². The number of carbonyl (C=O) groups is 1. The van der Waals surface area contributed by atoms with Gasteiger partial charge in [-0.1, -0.05) is 237 Å². The van der Waals surface area contributed by atoms with Crippen LogP contribution >= 0.6 is 0 Å². The summed E-state index contributed by atoms with van der Waals surface area (Å²) in [5, 5.41) is 87.2. The van der Waals surface area contributed by atoms with Gasteiger partial charge in [0.1, 0.15) is 48.8 Å².